The number of nitrogens with zero attached hydrogens (tertiary/aromatic N) is 2. The van der Waals surface area contributed by atoms with Crippen molar-refractivity contribution in [1.82, 2.24) is 4.98 Å². The van der Waals surface area contributed by atoms with Crippen LogP contribution >= 0.6 is 34.2 Å². The lowest BCUT2D eigenvalue weighted by Crippen LogP contribution is -2.10. The number of anilines is 3. The number of benzene rings is 1. The summed E-state index contributed by atoms with van der Waals surface area (Å²) >= 11 is 7.94. The van der Waals surface area contributed by atoms with Crippen LogP contribution in [0.15, 0.2) is 30.3 Å². The summed E-state index contributed by atoms with van der Waals surface area (Å²) in [4.78, 5) is 14.5. The number of nitrogen functional groups attached to an aromatic ring is 1. The zero-order chi connectivity index (χ0) is 14.7. The van der Waals surface area contributed by atoms with Crippen molar-refractivity contribution in [3.8, 4) is 0 Å². The molecule has 0 unspecified atom stereocenters. The Morgan fingerprint density at radius 1 is 1.35 bits per heavy atom. The Hall–Kier alpha value is -1.65. The number of pyridine rings is 1. The van der Waals surface area contributed by atoms with Gasteiger partial charge >= 0.3 is 5.69 Å². The van der Waals surface area contributed by atoms with E-state index in [1.165, 1.54) is 12.1 Å². The molecule has 0 aliphatic carbocycles. The Morgan fingerprint density at radius 3 is 2.70 bits per heavy atom. The van der Waals surface area contributed by atoms with E-state index in [4.69, 9.17) is 17.4 Å². The van der Waals surface area contributed by atoms with E-state index in [0.717, 1.165) is 3.57 Å². The van der Waals surface area contributed by atoms with Gasteiger partial charge < -0.3 is 10.7 Å². The van der Waals surface area contributed by atoms with Crippen molar-refractivity contribution in [2.75, 3.05) is 10.7 Å². The fourth-order valence-corrected chi connectivity index (χ4v) is 2.50. The van der Waals surface area contributed by atoms with Gasteiger partial charge in [0.25, 0.3) is 0 Å². The summed E-state index contributed by atoms with van der Waals surface area (Å²) in [7, 11) is 0. The molecule has 0 saturated carbocycles. The van der Waals surface area contributed by atoms with Gasteiger partial charge in [-0.3, -0.25) is 10.1 Å². The van der Waals surface area contributed by atoms with E-state index in [1.807, 2.05) is 0 Å². The summed E-state index contributed by atoms with van der Waals surface area (Å²) in [5.74, 6) is 5.68. The summed E-state index contributed by atoms with van der Waals surface area (Å²) in [5.41, 5.74) is 2.87. The molecule has 0 saturated heterocycles. The Bertz CT molecular complexity index is 667. The predicted molar refractivity (Wildman–Crippen MR) is 86.2 cm³/mol. The average molecular weight is 406 g/mol. The standard InChI is InChI=1S/C11H9ClIN5O2/c12-6-1-2-8(7(13)5-6)15-11-9(18(19)20)3-4-10(16-11)17-14/h1-5H,14H2,(H2,15,16,17). The Labute approximate surface area is 132 Å². The fourth-order valence-electron chi connectivity index (χ4n) is 1.49. The molecule has 104 valence electrons. The molecule has 0 amide bonds. The molecule has 0 atom stereocenters. The topological polar surface area (TPSA) is 106 Å². The van der Waals surface area contributed by atoms with Crippen molar-refractivity contribution < 1.29 is 4.92 Å². The van der Waals surface area contributed by atoms with Crippen LogP contribution in [0, 0.1) is 13.7 Å². The van der Waals surface area contributed by atoms with Crippen molar-refractivity contribution in [1.29, 1.82) is 0 Å². The smallest absolute Gasteiger partial charge is 0.311 e. The second kappa shape index (κ2) is 6.20. The van der Waals surface area contributed by atoms with E-state index in [2.05, 4.69) is 38.3 Å². The van der Waals surface area contributed by atoms with Gasteiger partial charge in [-0.2, -0.15) is 0 Å². The molecule has 4 N–H and O–H groups in total. The average Bonchev–Trinajstić information content (AvgIpc) is 2.41. The van der Waals surface area contributed by atoms with Gasteiger partial charge in [0, 0.05) is 14.7 Å². The molecule has 7 nitrogen and oxygen atoms in total. The van der Waals surface area contributed by atoms with E-state index in [-0.39, 0.29) is 11.5 Å². The first kappa shape index (κ1) is 14.8. The van der Waals surface area contributed by atoms with E-state index < -0.39 is 4.92 Å². The largest absolute Gasteiger partial charge is 0.334 e. The summed E-state index contributed by atoms with van der Waals surface area (Å²) in [6.07, 6.45) is 0. The summed E-state index contributed by atoms with van der Waals surface area (Å²) in [6.45, 7) is 0. The third-order valence-electron chi connectivity index (χ3n) is 2.40. The lowest BCUT2D eigenvalue weighted by molar-refractivity contribution is -0.384. The van der Waals surface area contributed by atoms with E-state index in [9.17, 15) is 10.1 Å². The number of nitrogens with one attached hydrogen (secondary N) is 2. The third-order valence-corrected chi connectivity index (χ3v) is 3.53. The number of hydrazine groups is 1. The molecule has 0 aliphatic heterocycles. The number of aromatic nitrogens is 1. The van der Waals surface area contributed by atoms with Crippen LogP contribution in [0.1, 0.15) is 0 Å². The van der Waals surface area contributed by atoms with Gasteiger partial charge in [0.1, 0.15) is 5.82 Å². The number of rotatable bonds is 4. The number of nitro groups is 1. The minimum Gasteiger partial charge on any atom is -0.334 e. The molecule has 20 heavy (non-hydrogen) atoms. The van der Waals surface area contributed by atoms with Gasteiger partial charge in [-0.1, -0.05) is 11.6 Å². The quantitative estimate of drug-likeness (QED) is 0.312. The van der Waals surface area contributed by atoms with Crippen molar-refractivity contribution >= 4 is 57.2 Å². The monoisotopic (exact) mass is 405 g/mol. The number of halogens is 2. The SMILES string of the molecule is NNc1ccc([N+](=O)[O-])c(Nc2ccc(Cl)cc2I)n1. The Kier molecular flexibility index (Phi) is 4.57. The fraction of sp³-hybridized carbons (Fsp3) is 0. The predicted octanol–water partition coefficient (Wildman–Crippen LogP) is 3.28. The van der Waals surface area contributed by atoms with E-state index in [0.29, 0.717) is 16.5 Å². The molecule has 1 heterocycles. The summed E-state index contributed by atoms with van der Waals surface area (Å²) in [6, 6.07) is 7.89. The molecule has 0 fully saturated rings. The summed E-state index contributed by atoms with van der Waals surface area (Å²) < 4.78 is 0.817. The lowest BCUT2D eigenvalue weighted by atomic mass is 10.3. The Balaban J connectivity index is 2.43. The maximum atomic E-state index is 11.0. The molecule has 2 aromatic rings. The van der Waals surface area contributed by atoms with Gasteiger partial charge in [-0.15, -0.1) is 0 Å². The van der Waals surface area contributed by atoms with Crippen LogP contribution in [0.5, 0.6) is 0 Å². The first-order valence-electron chi connectivity index (χ1n) is 5.35. The molecule has 0 aliphatic rings. The van der Waals surface area contributed by atoms with Crippen LogP contribution in [0.25, 0.3) is 0 Å². The highest BCUT2D eigenvalue weighted by Crippen LogP contribution is 2.30. The first-order chi connectivity index (χ1) is 9.51. The normalized spacial score (nSPS) is 10.2. The van der Waals surface area contributed by atoms with Crippen LogP contribution in [0.3, 0.4) is 0 Å². The molecule has 0 bridgehead atoms. The molecular formula is C11H9ClIN5O2. The van der Waals surface area contributed by atoms with Crippen molar-refractivity contribution in [3.05, 3.63) is 49.0 Å². The van der Waals surface area contributed by atoms with E-state index in [1.54, 1.807) is 18.2 Å². The number of nitrogens with two attached hydrogens (primary N) is 1. The lowest BCUT2D eigenvalue weighted by Gasteiger charge is -2.09. The zero-order valence-electron chi connectivity index (χ0n) is 9.93. The highest BCUT2D eigenvalue weighted by molar-refractivity contribution is 14.1. The van der Waals surface area contributed by atoms with Gasteiger partial charge in [-0.05, 0) is 46.9 Å². The second-order valence-electron chi connectivity index (χ2n) is 3.71. The van der Waals surface area contributed by atoms with Gasteiger partial charge in [0.05, 0.1) is 10.6 Å². The molecule has 9 heteroatoms. The van der Waals surface area contributed by atoms with E-state index >= 15 is 0 Å². The van der Waals surface area contributed by atoms with Crippen LogP contribution in [-0.4, -0.2) is 9.91 Å². The van der Waals surface area contributed by atoms with Crippen LogP contribution < -0.4 is 16.6 Å². The van der Waals surface area contributed by atoms with Crippen molar-refractivity contribution in [2.24, 2.45) is 5.84 Å². The molecule has 1 aromatic carbocycles. The third kappa shape index (κ3) is 3.26. The minimum atomic E-state index is -0.515. The van der Waals surface area contributed by atoms with Gasteiger partial charge in [-0.25, -0.2) is 10.8 Å². The number of hydrogen-bond acceptors (Lipinski definition) is 6. The Morgan fingerprint density at radius 2 is 2.10 bits per heavy atom. The van der Waals surface area contributed by atoms with Crippen LogP contribution in [0.4, 0.5) is 23.0 Å². The van der Waals surface area contributed by atoms with Crippen LogP contribution in [-0.2, 0) is 0 Å². The highest BCUT2D eigenvalue weighted by Gasteiger charge is 2.17. The maximum Gasteiger partial charge on any atom is 0.311 e. The first-order valence-corrected chi connectivity index (χ1v) is 6.81. The van der Waals surface area contributed by atoms with Crippen molar-refractivity contribution in [2.45, 2.75) is 0 Å². The van der Waals surface area contributed by atoms with Gasteiger partial charge in [0.15, 0.2) is 0 Å². The molecule has 0 spiro atoms. The van der Waals surface area contributed by atoms with Crippen LogP contribution in [0.2, 0.25) is 5.02 Å². The molecule has 0 radical (unpaired) electrons. The van der Waals surface area contributed by atoms with Gasteiger partial charge in [0.2, 0.25) is 5.82 Å². The maximum absolute atomic E-state index is 11.0. The molecule has 1 aromatic heterocycles. The minimum absolute atomic E-state index is 0.102. The second-order valence-corrected chi connectivity index (χ2v) is 5.31. The number of hydrogen-bond donors (Lipinski definition) is 3. The van der Waals surface area contributed by atoms with Crippen molar-refractivity contribution in [3.63, 3.8) is 0 Å². The highest BCUT2D eigenvalue weighted by atomic mass is 127. The zero-order valence-corrected chi connectivity index (χ0v) is 12.8. The molecular weight excluding hydrogens is 397 g/mol. The summed E-state index contributed by atoms with van der Waals surface area (Å²) in [5, 5.41) is 14.5. The molecule has 2 rings (SSSR count).